The predicted octanol–water partition coefficient (Wildman–Crippen LogP) is 3.02. The first-order valence-electron chi connectivity index (χ1n) is 11.3. The molecule has 0 radical (unpaired) electrons. The molecule has 1 aromatic carbocycles. The summed E-state index contributed by atoms with van der Waals surface area (Å²) in [5.74, 6) is -0.479. The number of allylic oxidation sites excluding steroid dienone is 1. The second-order valence-corrected chi connectivity index (χ2v) is 9.48. The lowest BCUT2D eigenvalue weighted by Gasteiger charge is -2.38. The molecule has 0 saturated heterocycles. The Morgan fingerprint density at radius 3 is 2.45 bits per heavy atom. The second kappa shape index (κ2) is 8.48. The number of methoxy groups -OCH3 is 1. The molecule has 4 rings (SSSR count). The summed E-state index contributed by atoms with van der Waals surface area (Å²) in [6.45, 7) is 3.63. The van der Waals surface area contributed by atoms with Gasteiger partial charge in [-0.1, -0.05) is 44.0 Å². The minimum atomic E-state index is -0.494. The van der Waals surface area contributed by atoms with Gasteiger partial charge in [0.05, 0.1) is 13.0 Å². The molecule has 1 aromatic rings. The van der Waals surface area contributed by atoms with E-state index in [-0.39, 0.29) is 41.4 Å². The third kappa shape index (κ3) is 4.00. The highest BCUT2D eigenvalue weighted by Gasteiger charge is 2.52. The predicted molar refractivity (Wildman–Crippen MR) is 117 cm³/mol. The van der Waals surface area contributed by atoms with Gasteiger partial charge in [-0.25, -0.2) is 0 Å². The molecule has 6 heteroatoms. The maximum absolute atomic E-state index is 13.7. The van der Waals surface area contributed by atoms with Crippen LogP contribution in [0.25, 0.3) is 0 Å². The summed E-state index contributed by atoms with van der Waals surface area (Å²) in [6.07, 6.45) is 6.58. The molecule has 2 amide bonds. The standard InChI is InChI=1S/C25H32N2O4/c1-15(28)26-20-10-6-7-11-21(20)27-24(30)19-13-23(31-3)22(29)12-18-17-9-5-4-8-16(17)14-25(18,19)2/h4-5,8-9,13,18-21H,6-7,10-12,14H2,1-3H3,(H,26,28)(H,27,30)/t18-,19-,20-,21-,25+/m0/s1. The number of hydrogen-bond donors (Lipinski definition) is 2. The monoisotopic (exact) mass is 424 g/mol. The summed E-state index contributed by atoms with van der Waals surface area (Å²) in [5.41, 5.74) is 1.96. The van der Waals surface area contributed by atoms with Crippen molar-refractivity contribution in [3.63, 3.8) is 0 Å². The molecule has 0 bridgehead atoms. The first kappa shape index (κ1) is 21.6. The fourth-order valence-electron chi connectivity index (χ4n) is 5.88. The van der Waals surface area contributed by atoms with Gasteiger partial charge in [-0.3, -0.25) is 14.4 Å². The molecular weight excluding hydrogens is 392 g/mol. The van der Waals surface area contributed by atoms with Crippen LogP contribution in [0.5, 0.6) is 0 Å². The van der Waals surface area contributed by atoms with Crippen molar-refractivity contribution in [1.82, 2.24) is 10.6 Å². The van der Waals surface area contributed by atoms with Crippen molar-refractivity contribution < 1.29 is 19.1 Å². The summed E-state index contributed by atoms with van der Waals surface area (Å²) >= 11 is 0. The summed E-state index contributed by atoms with van der Waals surface area (Å²) in [6, 6.07) is 8.04. The molecular formula is C25H32N2O4. The molecule has 2 N–H and O–H groups in total. The van der Waals surface area contributed by atoms with Gasteiger partial charge in [0.2, 0.25) is 11.8 Å². The van der Waals surface area contributed by atoms with Crippen LogP contribution in [0.15, 0.2) is 36.1 Å². The fraction of sp³-hybridized carbons (Fsp3) is 0.560. The number of ether oxygens (including phenoxy) is 1. The van der Waals surface area contributed by atoms with Crippen molar-refractivity contribution in [2.24, 2.45) is 11.3 Å². The lowest BCUT2D eigenvalue weighted by Crippen LogP contribution is -2.55. The molecule has 6 nitrogen and oxygen atoms in total. The third-order valence-electron chi connectivity index (χ3n) is 7.48. The zero-order valence-corrected chi connectivity index (χ0v) is 18.6. The molecule has 3 aliphatic rings. The number of carbonyl (C=O) groups is 3. The molecule has 0 aromatic heterocycles. The third-order valence-corrected chi connectivity index (χ3v) is 7.48. The van der Waals surface area contributed by atoms with Gasteiger partial charge in [0.15, 0.2) is 11.5 Å². The molecule has 0 spiro atoms. The van der Waals surface area contributed by atoms with Crippen LogP contribution in [0.2, 0.25) is 0 Å². The van der Waals surface area contributed by atoms with Gasteiger partial charge in [-0.15, -0.1) is 0 Å². The van der Waals surface area contributed by atoms with Gasteiger partial charge < -0.3 is 15.4 Å². The van der Waals surface area contributed by atoms with E-state index in [2.05, 4.69) is 29.7 Å². The van der Waals surface area contributed by atoms with Crippen LogP contribution in [0, 0.1) is 11.3 Å². The number of hydrogen-bond acceptors (Lipinski definition) is 4. The highest BCUT2D eigenvalue weighted by Crippen LogP contribution is 2.55. The molecule has 0 unspecified atom stereocenters. The van der Waals surface area contributed by atoms with Crippen molar-refractivity contribution in [1.29, 1.82) is 0 Å². The molecule has 31 heavy (non-hydrogen) atoms. The first-order chi connectivity index (χ1) is 14.8. The largest absolute Gasteiger partial charge is 0.493 e. The van der Waals surface area contributed by atoms with Gasteiger partial charge in [-0.2, -0.15) is 0 Å². The molecule has 0 heterocycles. The number of rotatable bonds is 4. The first-order valence-corrected chi connectivity index (χ1v) is 11.3. The fourth-order valence-corrected chi connectivity index (χ4v) is 5.88. The number of fused-ring (bicyclic) bond motifs is 3. The Hall–Kier alpha value is -2.63. The number of benzene rings is 1. The number of Topliss-reactive ketones (excluding diaryl/α,β-unsaturated/α-hetero) is 1. The maximum Gasteiger partial charge on any atom is 0.227 e. The SMILES string of the molecule is COC1=C[C@@H](C(=O)N[C@H]2CCCC[C@@H]2NC(C)=O)[C@]2(C)Cc3ccccc3[C@@H]2CC1=O. The van der Waals surface area contributed by atoms with Gasteiger partial charge in [0.1, 0.15) is 0 Å². The van der Waals surface area contributed by atoms with Gasteiger partial charge in [-0.05, 0) is 47.8 Å². The average molecular weight is 425 g/mol. The lowest BCUT2D eigenvalue weighted by molar-refractivity contribution is -0.129. The Kier molecular flexibility index (Phi) is 5.91. The minimum Gasteiger partial charge on any atom is -0.493 e. The van der Waals surface area contributed by atoms with Crippen LogP contribution in [0.3, 0.4) is 0 Å². The summed E-state index contributed by atoms with van der Waals surface area (Å²) in [7, 11) is 1.49. The highest BCUT2D eigenvalue weighted by atomic mass is 16.5. The van der Waals surface area contributed by atoms with Crippen molar-refractivity contribution in [2.45, 2.75) is 70.4 Å². The topological polar surface area (TPSA) is 84.5 Å². The number of ketones is 1. The summed E-state index contributed by atoms with van der Waals surface area (Å²) < 4.78 is 5.40. The second-order valence-electron chi connectivity index (χ2n) is 9.48. The molecule has 1 saturated carbocycles. The van der Waals surface area contributed by atoms with E-state index < -0.39 is 11.3 Å². The zero-order chi connectivity index (χ0) is 22.2. The quantitative estimate of drug-likeness (QED) is 0.778. The Labute approximate surface area is 183 Å². The van der Waals surface area contributed by atoms with Crippen molar-refractivity contribution in [3.05, 3.63) is 47.2 Å². The van der Waals surface area contributed by atoms with Crippen LogP contribution in [-0.2, 0) is 25.5 Å². The Morgan fingerprint density at radius 1 is 1.10 bits per heavy atom. The van der Waals surface area contributed by atoms with E-state index in [0.29, 0.717) is 6.42 Å². The number of amides is 2. The number of nitrogens with one attached hydrogen (secondary N) is 2. The highest BCUT2D eigenvalue weighted by molar-refractivity contribution is 5.96. The smallest absolute Gasteiger partial charge is 0.227 e. The minimum absolute atomic E-state index is 0.0339. The molecule has 1 fully saturated rings. The Morgan fingerprint density at radius 2 is 1.77 bits per heavy atom. The van der Waals surface area contributed by atoms with E-state index in [1.165, 1.54) is 19.6 Å². The summed E-state index contributed by atoms with van der Waals surface area (Å²) in [5, 5.41) is 6.23. The Balaban J connectivity index is 1.65. The average Bonchev–Trinajstić information content (AvgIpc) is 2.95. The van der Waals surface area contributed by atoms with E-state index in [0.717, 1.165) is 37.7 Å². The van der Waals surface area contributed by atoms with E-state index in [9.17, 15) is 14.4 Å². The van der Waals surface area contributed by atoms with E-state index >= 15 is 0 Å². The molecule has 166 valence electrons. The van der Waals surface area contributed by atoms with E-state index in [1.54, 1.807) is 6.08 Å². The van der Waals surface area contributed by atoms with Crippen LogP contribution >= 0.6 is 0 Å². The van der Waals surface area contributed by atoms with Crippen molar-refractivity contribution >= 4 is 17.6 Å². The maximum atomic E-state index is 13.7. The molecule has 3 aliphatic carbocycles. The Bertz CT molecular complexity index is 924. The van der Waals surface area contributed by atoms with Crippen LogP contribution < -0.4 is 10.6 Å². The molecule has 5 atom stereocenters. The van der Waals surface area contributed by atoms with Gasteiger partial charge in [0.25, 0.3) is 0 Å². The van der Waals surface area contributed by atoms with Crippen LogP contribution in [0.4, 0.5) is 0 Å². The van der Waals surface area contributed by atoms with Crippen molar-refractivity contribution in [3.8, 4) is 0 Å². The van der Waals surface area contributed by atoms with Crippen LogP contribution in [-0.4, -0.2) is 36.8 Å². The van der Waals surface area contributed by atoms with E-state index in [4.69, 9.17) is 4.74 Å². The zero-order valence-electron chi connectivity index (χ0n) is 18.6. The molecule has 0 aliphatic heterocycles. The van der Waals surface area contributed by atoms with Crippen molar-refractivity contribution in [2.75, 3.05) is 7.11 Å². The van der Waals surface area contributed by atoms with E-state index in [1.807, 2.05) is 12.1 Å². The lowest BCUT2D eigenvalue weighted by atomic mass is 9.67. The van der Waals surface area contributed by atoms with Crippen LogP contribution in [0.1, 0.15) is 63.0 Å². The normalized spacial score (nSPS) is 32.2. The summed E-state index contributed by atoms with van der Waals surface area (Å²) in [4.78, 5) is 38.2. The van der Waals surface area contributed by atoms with Gasteiger partial charge in [0, 0.05) is 25.4 Å². The number of carbonyl (C=O) groups excluding carboxylic acids is 3. The van der Waals surface area contributed by atoms with Gasteiger partial charge >= 0.3 is 0 Å².